The number of aliphatic carboxylic acids is 1. The molecule has 6 heteroatoms. The van der Waals surface area contributed by atoms with E-state index in [1.165, 1.54) is 43.4 Å². The van der Waals surface area contributed by atoms with Crippen LogP contribution in [-0.4, -0.2) is 53.2 Å². The SMILES string of the molecule is CC1=C(C)N(CC2CCCC(OC(C(=O)O)C(C)C)C2)C2CCC(C(=O)NCC3CCCC(C(C)C)C3)CC12. The normalized spacial score (nSPS) is 34.4. The lowest BCUT2D eigenvalue weighted by atomic mass is 9.75. The Labute approximate surface area is 237 Å². The molecule has 0 aromatic carbocycles. The van der Waals surface area contributed by atoms with Crippen LogP contribution in [0.15, 0.2) is 11.3 Å². The maximum atomic E-state index is 13.3. The summed E-state index contributed by atoms with van der Waals surface area (Å²) in [5.74, 6) is 2.76. The van der Waals surface area contributed by atoms with Crippen molar-refractivity contribution in [1.82, 2.24) is 10.2 Å². The lowest BCUT2D eigenvalue weighted by molar-refractivity contribution is -0.160. The molecule has 0 spiro atoms. The van der Waals surface area contributed by atoms with Gasteiger partial charge in [0.2, 0.25) is 5.91 Å². The molecule has 6 nitrogen and oxygen atoms in total. The van der Waals surface area contributed by atoms with Crippen molar-refractivity contribution in [1.29, 1.82) is 0 Å². The molecule has 222 valence electrons. The molecule has 4 aliphatic rings. The molecule has 0 bridgehead atoms. The van der Waals surface area contributed by atoms with Gasteiger partial charge in [-0.25, -0.2) is 4.79 Å². The second-order valence-corrected chi connectivity index (χ2v) is 14.2. The van der Waals surface area contributed by atoms with Gasteiger partial charge < -0.3 is 20.1 Å². The van der Waals surface area contributed by atoms with E-state index >= 15 is 0 Å². The van der Waals surface area contributed by atoms with Crippen molar-refractivity contribution >= 4 is 11.9 Å². The number of nitrogens with zero attached hydrogens (tertiary/aromatic N) is 1. The second kappa shape index (κ2) is 13.4. The lowest BCUT2D eigenvalue weighted by Crippen LogP contribution is -2.45. The highest BCUT2D eigenvalue weighted by atomic mass is 16.5. The van der Waals surface area contributed by atoms with Crippen LogP contribution in [-0.2, 0) is 14.3 Å². The molecule has 8 atom stereocenters. The first-order valence-electron chi connectivity index (χ1n) is 16.1. The first kappa shape index (κ1) is 30.4. The monoisotopic (exact) mass is 544 g/mol. The molecule has 1 aliphatic heterocycles. The van der Waals surface area contributed by atoms with Crippen LogP contribution in [0.5, 0.6) is 0 Å². The van der Waals surface area contributed by atoms with Crippen LogP contribution in [0.1, 0.15) is 112 Å². The number of carboxylic acids is 1. The molecular formula is C33H56N2O4. The molecular weight excluding hydrogens is 488 g/mol. The number of amides is 1. The summed E-state index contributed by atoms with van der Waals surface area (Å²) in [6.45, 7) is 15.0. The number of allylic oxidation sites excluding steroid dienone is 1. The zero-order valence-electron chi connectivity index (χ0n) is 25.6. The highest BCUT2D eigenvalue weighted by molar-refractivity contribution is 5.78. The molecule has 2 N–H and O–H groups in total. The zero-order valence-corrected chi connectivity index (χ0v) is 25.6. The minimum atomic E-state index is -0.844. The second-order valence-electron chi connectivity index (χ2n) is 14.2. The van der Waals surface area contributed by atoms with Gasteiger partial charge in [-0.2, -0.15) is 0 Å². The summed E-state index contributed by atoms with van der Waals surface area (Å²) in [7, 11) is 0. The number of fused-ring (bicyclic) bond motifs is 1. The van der Waals surface area contributed by atoms with Gasteiger partial charge in [-0.05, 0) is 100 Å². The molecule has 3 fully saturated rings. The fraction of sp³-hybridized carbons (Fsp3) is 0.879. The number of nitrogens with one attached hydrogen (secondary N) is 1. The van der Waals surface area contributed by atoms with Crippen LogP contribution in [0.3, 0.4) is 0 Å². The largest absolute Gasteiger partial charge is 0.479 e. The molecule has 0 aromatic heterocycles. The molecule has 0 aromatic rings. The Kier molecular flexibility index (Phi) is 10.4. The van der Waals surface area contributed by atoms with Gasteiger partial charge in [-0.15, -0.1) is 0 Å². The zero-order chi connectivity index (χ0) is 28.3. The quantitative estimate of drug-likeness (QED) is 0.322. The number of ether oxygens (including phenoxy) is 1. The molecule has 3 aliphatic carbocycles. The van der Waals surface area contributed by atoms with E-state index in [0.717, 1.165) is 63.5 Å². The minimum Gasteiger partial charge on any atom is -0.479 e. The molecule has 1 amide bonds. The first-order chi connectivity index (χ1) is 18.5. The third kappa shape index (κ3) is 7.40. The van der Waals surface area contributed by atoms with Gasteiger partial charge in [-0.3, -0.25) is 4.79 Å². The summed E-state index contributed by atoms with van der Waals surface area (Å²) in [6.07, 6.45) is 11.7. The maximum Gasteiger partial charge on any atom is 0.333 e. The third-order valence-electron chi connectivity index (χ3n) is 10.9. The first-order valence-corrected chi connectivity index (χ1v) is 16.1. The van der Waals surface area contributed by atoms with E-state index in [0.29, 0.717) is 23.8 Å². The lowest BCUT2D eigenvalue weighted by Gasteiger charge is -2.41. The number of carboxylic acid groups (broad SMARTS) is 1. The van der Waals surface area contributed by atoms with Crippen LogP contribution in [0.4, 0.5) is 0 Å². The summed E-state index contributed by atoms with van der Waals surface area (Å²) in [5, 5.41) is 13.0. The Hall–Kier alpha value is -1.56. The number of carbonyl (C=O) groups excluding carboxylic acids is 1. The molecule has 8 unspecified atom stereocenters. The summed E-state index contributed by atoms with van der Waals surface area (Å²) >= 11 is 0. The van der Waals surface area contributed by atoms with E-state index in [4.69, 9.17) is 4.74 Å². The highest BCUT2D eigenvalue weighted by Crippen LogP contribution is 2.45. The van der Waals surface area contributed by atoms with E-state index in [-0.39, 0.29) is 23.8 Å². The van der Waals surface area contributed by atoms with Crippen molar-refractivity contribution in [2.45, 2.75) is 130 Å². The van der Waals surface area contributed by atoms with Crippen LogP contribution in [0.2, 0.25) is 0 Å². The van der Waals surface area contributed by atoms with Gasteiger partial charge in [0.15, 0.2) is 6.10 Å². The summed E-state index contributed by atoms with van der Waals surface area (Å²) in [5.41, 5.74) is 2.88. The average Bonchev–Trinajstić information content (AvgIpc) is 3.14. The molecule has 3 saturated carbocycles. The standard InChI is InChI=1S/C33H56N2O4/c1-20(2)26-11-7-9-24(15-26)18-34-32(36)27-13-14-30-29(17-27)22(5)23(6)35(30)19-25-10-8-12-28(16-25)39-31(21(3)4)33(37)38/h20-21,24-31H,7-19H2,1-6H3,(H,34,36)(H,37,38). The van der Waals surface area contributed by atoms with E-state index in [9.17, 15) is 14.7 Å². The molecule has 4 rings (SSSR count). The number of hydrogen-bond acceptors (Lipinski definition) is 4. The highest BCUT2D eigenvalue weighted by Gasteiger charge is 2.43. The van der Waals surface area contributed by atoms with Crippen molar-refractivity contribution in [3.63, 3.8) is 0 Å². The van der Waals surface area contributed by atoms with E-state index in [1.54, 1.807) is 0 Å². The Balaban J connectivity index is 1.29. The smallest absolute Gasteiger partial charge is 0.333 e. The molecule has 39 heavy (non-hydrogen) atoms. The van der Waals surface area contributed by atoms with Crippen molar-refractivity contribution in [2.24, 2.45) is 41.4 Å². The fourth-order valence-electron chi connectivity index (χ4n) is 8.28. The average molecular weight is 545 g/mol. The van der Waals surface area contributed by atoms with E-state index < -0.39 is 12.1 Å². The third-order valence-corrected chi connectivity index (χ3v) is 10.9. The minimum absolute atomic E-state index is 0.0259. The van der Waals surface area contributed by atoms with Crippen LogP contribution >= 0.6 is 0 Å². The van der Waals surface area contributed by atoms with Crippen LogP contribution in [0, 0.1) is 41.4 Å². The van der Waals surface area contributed by atoms with Crippen LogP contribution in [0.25, 0.3) is 0 Å². The topological polar surface area (TPSA) is 78.9 Å². The fourth-order valence-corrected chi connectivity index (χ4v) is 8.28. The molecule has 0 saturated heterocycles. The number of rotatable bonds is 10. The maximum absolute atomic E-state index is 13.3. The Morgan fingerprint density at radius 2 is 1.67 bits per heavy atom. The Bertz CT molecular complexity index is 883. The molecule has 1 heterocycles. The van der Waals surface area contributed by atoms with Gasteiger partial charge in [0, 0.05) is 36.7 Å². The predicted octanol–water partition coefficient (Wildman–Crippen LogP) is 6.64. The summed E-state index contributed by atoms with van der Waals surface area (Å²) in [6, 6.07) is 0.503. The predicted molar refractivity (Wildman–Crippen MR) is 156 cm³/mol. The van der Waals surface area contributed by atoms with Crippen molar-refractivity contribution in [3.05, 3.63) is 11.3 Å². The van der Waals surface area contributed by atoms with E-state index in [2.05, 4.69) is 37.9 Å². The van der Waals surface area contributed by atoms with Crippen molar-refractivity contribution in [3.8, 4) is 0 Å². The Morgan fingerprint density at radius 1 is 0.949 bits per heavy atom. The molecule has 0 radical (unpaired) electrons. The van der Waals surface area contributed by atoms with Gasteiger partial charge in [-0.1, -0.05) is 47.0 Å². The van der Waals surface area contributed by atoms with Crippen molar-refractivity contribution < 1.29 is 19.4 Å². The summed E-state index contributed by atoms with van der Waals surface area (Å²) < 4.78 is 6.11. The van der Waals surface area contributed by atoms with Crippen LogP contribution < -0.4 is 5.32 Å². The van der Waals surface area contributed by atoms with E-state index in [1.807, 2.05) is 13.8 Å². The van der Waals surface area contributed by atoms with Gasteiger partial charge in [0.25, 0.3) is 0 Å². The number of hydrogen-bond donors (Lipinski definition) is 2. The summed E-state index contributed by atoms with van der Waals surface area (Å²) in [4.78, 5) is 27.6. The van der Waals surface area contributed by atoms with Gasteiger partial charge >= 0.3 is 5.97 Å². The Morgan fingerprint density at radius 3 is 2.36 bits per heavy atom. The van der Waals surface area contributed by atoms with Gasteiger partial charge in [0.1, 0.15) is 0 Å². The number of carbonyl (C=O) groups is 2. The van der Waals surface area contributed by atoms with Gasteiger partial charge in [0.05, 0.1) is 6.10 Å². The van der Waals surface area contributed by atoms with Crippen molar-refractivity contribution in [2.75, 3.05) is 13.1 Å².